The van der Waals surface area contributed by atoms with E-state index in [-0.39, 0.29) is 23.9 Å². The molecular weight excluding hydrogens is 390 g/mol. The van der Waals surface area contributed by atoms with E-state index in [1.807, 2.05) is 28.8 Å². The van der Waals surface area contributed by atoms with Gasteiger partial charge in [0.2, 0.25) is 5.69 Å². The van der Waals surface area contributed by atoms with E-state index in [0.29, 0.717) is 23.6 Å². The Hall–Kier alpha value is -2.21. The van der Waals surface area contributed by atoms with Gasteiger partial charge < -0.3 is 9.30 Å². The lowest BCUT2D eigenvalue weighted by atomic mass is 9.92. The summed E-state index contributed by atoms with van der Waals surface area (Å²) in [6.07, 6.45) is 12.5. The zero-order chi connectivity index (χ0) is 21.4. The summed E-state index contributed by atoms with van der Waals surface area (Å²) < 4.78 is 7.01. The lowest BCUT2D eigenvalue weighted by molar-refractivity contribution is 0.0505. The maximum Gasteiger partial charge on any atom is 0.362 e. The molecule has 6 nitrogen and oxygen atoms in total. The third-order valence-electron chi connectivity index (χ3n) is 7.64. The number of ether oxygens (including phenoxy) is 1. The van der Waals surface area contributed by atoms with Gasteiger partial charge in [-0.1, -0.05) is 37.8 Å². The van der Waals surface area contributed by atoms with Gasteiger partial charge in [0.05, 0.1) is 17.6 Å². The molecule has 3 aliphatic rings. The second-order valence-electron chi connectivity index (χ2n) is 9.45. The first-order valence-electron chi connectivity index (χ1n) is 12.1. The molecule has 31 heavy (non-hydrogen) atoms. The number of hydrogen-bond donors (Lipinski definition) is 0. The molecule has 2 aliphatic heterocycles. The van der Waals surface area contributed by atoms with Crippen LogP contribution in [0.4, 0.5) is 0 Å². The van der Waals surface area contributed by atoms with Crippen LogP contribution in [0.1, 0.15) is 87.7 Å². The van der Waals surface area contributed by atoms with Crippen LogP contribution in [-0.4, -0.2) is 45.2 Å². The van der Waals surface area contributed by atoms with Gasteiger partial charge in [-0.2, -0.15) is 0 Å². The van der Waals surface area contributed by atoms with Gasteiger partial charge >= 0.3 is 5.97 Å². The second-order valence-corrected chi connectivity index (χ2v) is 9.45. The van der Waals surface area contributed by atoms with Crippen LogP contribution in [0.15, 0.2) is 29.1 Å². The number of benzene rings is 1. The molecular formula is C25H33N3O3. The highest BCUT2D eigenvalue weighted by molar-refractivity contribution is 5.89. The lowest BCUT2D eigenvalue weighted by Gasteiger charge is -2.44. The zero-order valence-electron chi connectivity index (χ0n) is 18.5. The number of fused-ring (bicyclic) bond motifs is 3. The monoisotopic (exact) mass is 423 g/mol. The number of hydrogen-bond acceptors (Lipinski definition) is 5. The fourth-order valence-corrected chi connectivity index (χ4v) is 6.40. The van der Waals surface area contributed by atoms with Gasteiger partial charge in [0.15, 0.2) is 0 Å². The van der Waals surface area contributed by atoms with E-state index in [4.69, 9.17) is 4.74 Å². The van der Waals surface area contributed by atoms with E-state index >= 15 is 0 Å². The summed E-state index contributed by atoms with van der Waals surface area (Å²) in [6.45, 7) is 1.98. The Kier molecular flexibility index (Phi) is 5.83. The van der Waals surface area contributed by atoms with Gasteiger partial charge in [0.25, 0.3) is 5.56 Å². The number of aromatic nitrogens is 2. The molecule has 5 rings (SSSR count). The predicted octanol–water partition coefficient (Wildman–Crippen LogP) is 4.46. The van der Waals surface area contributed by atoms with Gasteiger partial charge in [0.1, 0.15) is 0 Å². The fraction of sp³-hybridized carbons (Fsp3) is 0.640. The third-order valence-corrected chi connectivity index (χ3v) is 7.64. The van der Waals surface area contributed by atoms with Crippen LogP contribution in [0.2, 0.25) is 0 Å². The van der Waals surface area contributed by atoms with E-state index in [1.54, 1.807) is 6.92 Å². The van der Waals surface area contributed by atoms with Crippen molar-refractivity contribution in [1.82, 2.24) is 14.5 Å². The van der Waals surface area contributed by atoms with Crippen molar-refractivity contribution in [3.05, 3.63) is 40.3 Å². The highest BCUT2D eigenvalue weighted by atomic mass is 16.5. The first-order valence-corrected chi connectivity index (χ1v) is 12.1. The quantitative estimate of drug-likeness (QED) is 0.536. The van der Waals surface area contributed by atoms with E-state index in [0.717, 1.165) is 18.4 Å². The number of esters is 1. The van der Waals surface area contributed by atoms with Gasteiger partial charge in [-0.25, -0.2) is 9.78 Å². The van der Waals surface area contributed by atoms with Crippen molar-refractivity contribution < 1.29 is 9.53 Å². The number of para-hydroxylation sites is 2. The zero-order valence-corrected chi connectivity index (χ0v) is 18.5. The van der Waals surface area contributed by atoms with Crippen molar-refractivity contribution in [3.8, 4) is 0 Å². The number of piperidine rings is 1. The van der Waals surface area contributed by atoms with Crippen LogP contribution < -0.4 is 5.56 Å². The first kappa shape index (κ1) is 20.7. The number of carbonyl (C=O) groups is 1. The maximum atomic E-state index is 13.4. The molecule has 1 saturated carbocycles. The van der Waals surface area contributed by atoms with Crippen molar-refractivity contribution in [2.45, 2.75) is 95.3 Å². The molecule has 166 valence electrons. The highest BCUT2D eigenvalue weighted by Gasteiger charge is 2.44. The van der Waals surface area contributed by atoms with Crippen molar-refractivity contribution >= 4 is 17.0 Å². The van der Waals surface area contributed by atoms with Gasteiger partial charge in [-0.05, 0) is 57.6 Å². The fourth-order valence-electron chi connectivity index (χ4n) is 6.40. The SMILES string of the molecule is CCOC(=O)c1nc2ccccc2n(C2CC3CCC(C2)N3C2CCCCCC2)c1=O. The molecule has 2 unspecified atom stereocenters. The molecule has 3 fully saturated rings. The van der Waals surface area contributed by atoms with Crippen LogP contribution in [-0.2, 0) is 4.74 Å². The van der Waals surface area contributed by atoms with E-state index in [9.17, 15) is 9.59 Å². The molecule has 0 radical (unpaired) electrons. The average molecular weight is 424 g/mol. The summed E-state index contributed by atoms with van der Waals surface area (Å²) in [5.41, 5.74) is 1.13. The summed E-state index contributed by atoms with van der Waals surface area (Å²) in [4.78, 5) is 33.1. The summed E-state index contributed by atoms with van der Waals surface area (Å²) >= 11 is 0. The Bertz CT molecular complexity index is 995. The van der Waals surface area contributed by atoms with Crippen molar-refractivity contribution in [3.63, 3.8) is 0 Å². The smallest absolute Gasteiger partial charge is 0.362 e. The Morgan fingerprint density at radius 1 is 0.968 bits per heavy atom. The molecule has 6 heteroatoms. The van der Waals surface area contributed by atoms with Crippen LogP contribution in [0.3, 0.4) is 0 Å². The molecule has 2 bridgehead atoms. The molecule has 2 aromatic rings. The molecule has 0 N–H and O–H groups in total. The molecule has 0 amide bonds. The number of carbonyl (C=O) groups excluding carboxylic acids is 1. The summed E-state index contributed by atoms with van der Waals surface area (Å²) in [7, 11) is 0. The first-order chi connectivity index (χ1) is 15.2. The van der Waals surface area contributed by atoms with Crippen LogP contribution in [0.5, 0.6) is 0 Å². The van der Waals surface area contributed by atoms with Crippen molar-refractivity contribution in [2.75, 3.05) is 6.61 Å². The van der Waals surface area contributed by atoms with Crippen molar-refractivity contribution in [1.29, 1.82) is 0 Å². The Labute approximate surface area is 183 Å². The molecule has 2 saturated heterocycles. The van der Waals surface area contributed by atoms with Crippen LogP contribution in [0, 0.1) is 0 Å². The lowest BCUT2D eigenvalue weighted by Crippen LogP contribution is -2.50. The third kappa shape index (κ3) is 3.79. The topological polar surface area (TPSA) is 64.4 Å². The minimum Gasteiger partial charge on any atom is -0.461 e. The average Bonchev–Trinajstić information content (AvgIpc) is 2.96. The Balaban J connectivity index is 1.50. The van der Waals surface area contributed by atoms with E-state index < -0.39 is 5.97 Å². The van der Waals surface area contributed by atoms with E-state index in [1.165, 1.54) is 51.4 Å². The summed E-state index contributed by atoms with van der Waals surface area (Å²) in [5.74, 6) is -0.620. The van der Waals surface area contributed by atoms with E-state index in [2.05, 4.69) is 9.88 Å². The second kappa shape index (κ2) is 8.73. The Morgan fingerprint density at radius 3 is 2.32 bits per heavy atom. The van der Waals surface area contributed by atoms with Gasteiger partial charge in [0, 0.05) is 24.2 Å². The number of nitrogens with zero attached hydrogens (tertiary/aromatic N) is 3. The molecule has 2 atom stereocenters. The standard InChI is InChI=1S/C25H33N3O3/c1-2-31-25(30)23-24(29)28(22-12-8-7-11-21(22)26-23)20-15-18-13-14-19(16-20)27(18)17-9-5-3-4-6-10-17/h7-8,11-12,17-20H,2-6,9-10,13-16H2,1H3. The minimum absolute atomic E-state index is 0.0842. The highest BCUT2D eigenvalue weighted by Crippen LogP contribution is 2.44. The molecule has 1 aromatic heterocycles. The minimum atomic E-state index is -0.620. The molecule has 1 aromatic carbocycles. The van der Waals surface area contributed by atoms with Crippen molar-refractivity contribution in [2.24, 2.45) is 0 Å². The normalized spacial score (nSPS) is 27.3. The Morgan fingerprint density at radius 2 is 1.65 bits per heavy atom. The largest absolute Gasteiger partial charge is 0.461 e. The predicted molar refractivity (Wildman–Crippen MR) is 120 cm³/mol. The number of rotatable bonds is 4. The molecule has 0 spiro atoms. The van der Waals surface area contributed by atoms with Gasteiger partial charge in [-0.15, -0.1) is 0 Å². The van der Waals surface area contributed by atoms with Gasteiger partial charge in [-0.3, -0.25) is 9.69 Å². The van der Waals surface area contributed by atoms with Crippen LogP contribution >= 0.6 is 0 Å². The maximum absolute atomic E-state index is 13.4. The van der Waals surface area contributed by atoms with Crippen LogP contribution in [0.25, 0.3) is 11.0 Å². The summed E-state index contributed by atoms with van der Waals surface area (Å²) in [6, 6.07) is 9.57. The summed E-state index contributed by atoms with van der Waals surface area (Å²) in [5, 5.41) is 0. The molecule has 1 aliphatic carbocycles. The molecule has 3 heterocycles.